The van der Waals surface area contributed by atoms with Crippen molar-refractivity contribution in [2.75, 3.05) is 15.8 Å². The Balaban J connectivity index is 1.71. The molecule has 0 aliphatic rings. The zero-order chi connectivity index (χ0) is 18.6. The number of sulfonamides is 1. The Kier molecular flexibility index (Phi) is 4.90. The molecule has 7 heteroatoms. The molecular formula is C19H17N3O3S. The maximum atomic E-state index is 12.3. The van der Waals surface area contributed by atoms with Crippen LogP contribution in [0.15, 0.2) is 83.8 Å². The van der Waals surface area contributed by atoms with Crippen molar-refractivity contribution in [2.24, 2.45) is 0 Å². The van der Waals surface area contributed by atoms with Crippen LogP contribution in [-0.4, -0.2) is 14.3 Å². The van der Waals surface area contributed by atoms with Crippen LogP contribution in [-0.2, 0) is 10.0 Å². The third kappa shape index (κ3) is 4.01. The van der Waals surface area contributed by atoms with Crippen LogP contribution < -0.4 is 15.8 Å². The number of para-hydroxylation sites is 1. The van der Waals surface area contributed by atoms with Gasteiger partial charge in [0.2, 0.25) is 0 Å². The molecule has 0 aliphatic heterocycles. The number of anilines is 3. The topological polar surface area (TPSA) is 101 Å². The molecule has 26 heavy (non-hydrogen) atoms. The summed E-state index contributed by atoms with van der Waals surface area (Å²) < 4.78 is 27.1. The lowest BCUT2D eigenvalue weighted by Crippen LogP contribution is -2.14. The van der Waals surface area contributed by atoms with Crippen LogP contribution in [0.4, 0.5) is 17.1 Å². The van der Waals surface area contributed by atoms with Crippen LogP contribution in [0.5, 0.6) is 0 Å². The van der Waals surface area contributed by atoms with Crippen molar-refractivity contribution in [2.45, 2.75) is 4.90 Å². The Morgan fingerprint density at radius 3 is 2.00 bits per heavy atom. The molecule has 0 bridgehead atoms. The van der Waals surface area contributed by atoms with Crippen molar-refractivity contribution in [3.63, 3.8) is 0 Å². The quantitative estimate of drug-likeness (QED) is 0.602. The molecule has 4 N–H and O–H groups in total. The summed E-state index contributed by atoms with van der Waals surface area (Å²) in [6.45, 7) is 0. The van der Waals surface area contributed by atoms with Crippen molar-refractivity contribution in [3.8, 4) is 0 Å². The fourth-order valence-corrected chi connectivity index (χ4v) is 3.42. The number of benzene rings is 3. The molecule has 132 valence electrons. The fourth-order valence-electron chi connectivity index (χ4n) is 2.34. The molecule has 0 aliphatic carbocycles. The second-order valence-corrected chi connectivity index (χ2v) is 7.22. The first-order valence-electron chi connectivity index (χ1n) is 7.79. The highest BCUT2D eigenvalue weighted by molar-refractivity contribution is 7.92. The molecule has 3 rings (SSSR count). The lowest BCUT2D eigenvalue weighted by Gasteiger charge is -2.10. The molecule has 3 aromatic carbocycles. The van der Waals surface area contributed by atoms with Gasteiger partial charge in [0.1, 0.15) is 0 Å². The van der Waals surface area contributed by atoms with Crippen molar-refractivity contribution in [1.82, 2.24) is 0 Å². The molecular weight excluding hydrogens is 350 g/mol. The molecule has 0 aromatic heterocycles. The number of rotatable bonds is 5. The Hall–Kier alpha value is -3.32. The maximum Gasteiger partial charge on any atom is 0.261 e. The highest BCUT2D eigenvalue weighted by atomic mass is 32.2. The third-order valence-electron chi connectivity index (χ3n) is 3.65. The van der Waals surface area contributed by atoms with Gasteiger partial charge in [-0.15, -0.1) is 0 Å². The van der Waals surface area contributed by atoms with Crippen molar-refractivity contribution in [3.05, 3.63) is 84.4 Å². The second-order valence-electron chi connectivity index (χ2n) is 5.54. The second kappa shape index (κ2) is 7.28. The van der Waals surface area contributed by atoms with Gasteiger partial charge >= 0.3 is 0 Å². The number of nitrogen functional groups attached to an aromatic ring is 1. The van der Waals surface area contributed by atoms with Crippen LogP contribution in [0.2, 0.25) is 0 Å². The molecule has 0 spiro atoms. The van der Waals surface area contributed by atoms with Crippen LogP contribution in [0.25, 0.3) is 0 Å². The molecule has 0 radical (unpaired) electrons. The van der Waals surface area contributed by atoms with Crippen LogP contribution in [0.1, 0.15) is 10.4 Å². The van der Waals surface area contributed by atoms with E-state index in [2.05, 4.69) is 10.0 Å². The minimum Gasteiger partial charge on any atom is -0.398 e. The molecule has 0 unspecified atom stereocenters. The fraction of sp³-hybridized carbons (Fsp3) is 0. The van der Waals surface area contributed by atoms with E-state index < -0.39 is 10.0 Å². The lowest BCUT2D eigenvalue weighted by atomic mass is 10.1. The molecule has 0 saturated heterocycles. The van der Waals surface area contributed by atoms with E-state index in [1.54, 1.807) is 66.7 Å². The van der Waals surface area contributed by atoms with E-state index >= 15 is 0 Å². The standard InChI is InChI=1S/C19H17N3O3S/c20-18-9-5-4-8-17(18)19(23)21-14-10-12-15(13-11-14)22-26(24,25)16-6-2-1-3-7-16/h1-13,22H,20H2,(H,21,23). The van der Waals surface area contributed by atoms with Crippen LogP contribution >= 0.6 is 0 Å². The normalized spacial score (nSPS) is 10.9. The zero-order valence-electron chi connectivity index (χ0n) is 13.7. The summed E-state index contributed by atoms with van der Waals surface area (Å²) in [5.74, 6) is -0.333. The lowest BCUT2D eigenvalue weighted by molar-refractivity contribution is 0.102. The first kappa shape index (κ1) is 17.5. The monoisotopic (exact) mass is 367 g/mol. The largest absolute Gasteiger partial charge is 0.398 e. The minimum atomic E-state index is -3.65. The molecule has 1 amide bonds. The number of nitrogens with two attached hydrogens (primary N) is 1. The molecule has 0 fully saturated rings. The Morgan fingerprint density at radius 2 is 1.35 bits per heavy atom. The molecule has 3 aromatic rings. The Morgan fingerprint density at radius 1 is 0.769 bits per heavy atom. The van der Waals surface area contributed by atoms with Gasteiger partial charge < -0.3 is 11.1 Å². The first-order valence-corrected chi connectivity index (χ1v) is 9.28. The third-order valence-corrected chi connectivity index (χ3v) is 5.05. The van der Waals surface area contributed by atoms with Gasteiger partial charge in [0, 0.05) is 17.1 Å². The van der Waals surface area contributed by atoms with E-state index in [-0.39, 0.29) is 10.8 Å². The van der Waals surface area contributed by atoms with E-state index in [0.29, 0.717) is 22.6 Å². The minimum absolute atomic E-state index is 0.178. The Labute approximate surface area is 151 Å². The van der Waals surface area contributed by atoms with Crippen molar-refractivity contribution >= 4 is 33.0 Å². The zero-order valence-corrected chi connectivity index (χ0v) is 14.5. The van der Waals surface area contributed by atoms with Gasteiger partial charge in [-0.05, 0) is 48.5 Å². The average Bonchev–Trinajstić information content (AvgIpc) is 2.64. The van der Waals surface area contributed by atoms with E-state index in [0.717, 1.165) is 0 Å². The number of amides is 1. The van der Waals surface area contributed by atoms with Crippen molar-refractivity contribution < 1.29 is 13.2 Å². The van der Waals surface area contributed by atoms with E-state index in [4.69, 9.17) is 5.73 Å². The smallest absolute Gasteiger partial charge is 0.261 e. The van der Waals surface area contributed by atoms with Gasteiger partial charge in [0.15, 0.2) is 0 Å². The Bertz CT molecular complexity index is 1020. The number of nitrogens with one attached hydrogen (secondary N) is 2. The number of hydrogen-bond donors (Lipinski definition) is 3. The highest BCUT2D eigenvalue weighted by Crippen LogP contribution is 2.19. The van der Waals surface area contributed by atoms with Gasteiger partial charge in [-0.25, -0.2) is 8.42 Å². The van der Waals surface area contributed by atoms with Gasteiger partial charge in [0.25, 0.3) is 15.9 Å². The van der Waals surface area contributed by atoms with Crippen LogP contribution in [0.3, 0.4) is 0 Å². The molecule has 0 saturated carbocycles. The molecule has 0 atom stereocenters. The van der Waals surface area contributed by atoms with Gasteiger partial charge in [-0.3, -0.25) is 9.52 Å². The average molecular weight is 367 g/mol. The SMILES string of the molecule is Nc1ccccc1C(=O)Nc1ccc(NS(=O)(=O)c2ccccc2)cc1. The predicted molar refractivity (Wildman–Crippen MR) is 103 cm³/mol. The van der Waals surface area contributed by atoms with Gasteiger partial charge in [-0.2, -0.15) is 0 Å². The maximum absolute atomic E-state index is 12.3. The number of hydrogen-bond acceptors (Lipinski definition) is 4. The van der Waals surface area contributed by atoms with Crippen LogP contribution in [0, 0.1) is 0 Å². The summed E-state index contributed by atoms with van der Waals surface area (Å²) in [6.07, 6.45) is 0. The summed E-state index contributed by atoms with van der Waals surface area (Å²) in [6, 6.07) is 21.2. The van der Waals surface area contributed by atoms with Gasteiger partial charge in [-0.1, -0.05) is 30.3 Å². The predicted octanol–water partition coefficient (Wildman–Crippen LogP) is 3.32. The summed E-state index contributed by atoms with van der Waals surface area (Å²) in [7, 11) is -3.65. The first-order chi connectivity index (χ1) is 12.5. The summed E-state index contributed by atoms with van der Waals surface area (Å²) in [5, 5.41) is 2.72. The van der Waals surface area contributed by atoms with E-state index in [1.807, 2.05) is 0 Å². The van der Waals surface area contributed by atoms with E-state index in [1.165, 1.54) is 12.1 Å². The summed E-state index contributed by atoms with van der Waals surface area (Å²) in [4.78, 5) is 12.4. The number of carbonyl (C=O) groups excluding carboxylic acids is 1. The summed E-state index contributed by atoms with van der Waals surface area (Å²) in [5.41, 5.74) is 7.47. The van der Waals surface area contributed by atoms with Gasteiger partial charge in [0.05, 0.1) is 10.5 Å². The van der Waals surface area contributed by atoms with Crippen molar-refractivity contribution in [1.29, 1.82) is 0 Å². The molecule has 0 heterocycles. The highest BCUT2D eigenvalue weighted by Gasteiger charge is 2.13. The van der Waals surface area contributed by atoms with E-state index in [9.17, 15) is 13.2 Å². The number of carbonyl (C=O) groups is 1. The molecule has 6 nitrogen and oxygen atoms in total. The summed E-state index contributed by atoms with van der Waals surface area (Å²) >= 11 is 0.